The molecule has 8 heteroatoms. The lowest BCUT2D eigenvalue weighted by molar-refractivity contribution is -0.134. The maximum atomic E-state index is 13.2. The van der Waals surface area contributed by atoms with Crippen LogP contribution in [-0.2, 0) is 20.7 Å². The fourth-order valence-corrected chi connectivity index (χ4v) is 3.94. The normalized spacial score (nSPS) is 22.9. The van der Waals surface area contributed by atoms with E-state index < -0.39 is 29.7 Å². The number of halogens is 1. The summed E-state index contributed by atoms with van der Waals surface area (Å²) in [5, 5.41) is 2.77. The fraction of sp³-hybridized carbons (Fsp3) is 0.591. The summed E-state index contributed by atoms with van der Waals surface area (Å²) in [7, 11) is 0. The molecule has 0 unspecified atom stereocenters. The first-order valence-corrected chi connectivity index (χ1v) is 11.0. The first-order valence-electron chi connectivity index (χ1n) is 10.2. The van der Waals surface area contributed by atoms with Crippen molar-refractivity contribution in [3.05, 3.63) is 34.3 Å². The maximum Gasteiger partial charge on any atom is 0.411 e. The summed E-state index contributed by atoms with van der Waals surface area (Å²) < 4.78 is 6.47. The molecule has 0 aromatic heterocycles. The molecule has 1 aliphatic rings. The van der Waals surface area contributed by atoms with Crippen LogP contribution in [0.4, 0.5) is 4.79 Å². The summed E-state index contributed by atoms with van der Waals surface area (Å²) in [6.45, 7) is 9.21. The van der Waals surface area contributed by atoms with E-state index in [-0.39, 0.29) is 24.3 Å². The van der Waals surface area contributed by atoms with Gasteiger partial charge in [-0.25, -0.2) is 4.79 Å². The molecule has 30 heavy (non-hydrogen) atoms. The molecule has 1 heterocycles. The van der Waals surface area contributed by atoms with Crippen molar-refractivity contribution < 1.29 is 19.1 Å². The molecule has 3 N–H and O–H groups in total. The predicted molar refractivity (Wildman–Crippen MR) is 119 cm³/mol. The average molecular weight is 482 g/mol. The summed E-state index contributed by atoms with van der Waals surface area (Å²) in [4.78, 5) is 39.6. The van der Waals surface area contributed by atoms with Gasteiger partial charge in [-0.05, 0) is 64.2 Å². The van der Waals surface area contributed by atoms with Crippen molar-refractivity contribution >= 4 is 33.8 Å². The third-order valence-corrected chi connectivity index (χ3v) is 5.77. The number of hydrogen-bond acceptors (Lipinski definition) is 4. The highest BCUT2D eigenvalue weighted by Crippen LogP contribution is 2.30. The fourth-order valence-electron chi connectivity index (χ4n) is 3.68. The Labute approximate surface area is 186 Å². The molecule has 1 fully saturated rings. The highest BCUT2D eigenvalue weighted by Gasteiger charge is 2.43. The van der Waals surface area contributed by atoms with E-state index in [0.29, 0.717) is 0 Å². The molecule has 0 spiro atoms. The van der Waals surface area contributed by atoms with Gasteiger partial charge in [0.15, 0.2) is 0 Å². The number of ether oxygens (including phenoxy) is 1. The largest absolute Gasteiger partial charge is 0.444 e. The van der Waals surface area contributed by atoms with Crippen molar-refractivity contribution in [2.75, 3.05) is 0 Å². The van der Waals surface area contributed by atoms with Gasteiger partial charge in [-0.15, -0.1) is 0 Å². The van der Waals surface area contributed by atoms with E-state index in [2.05, 4.69) is 21.2 Å². The van der Waals surface area contributed by atoms with Gasteiger partial charge >= 0.3 is 6.09 Å². The van der Waals surface area contributed by atoms with E-state index in [1.54, 1.807) is 20.8 Å². The molecule has 3 amide bonds. The predicted octanol–water partition coefficient (Wildman–Crippen LogP) is 3.39. The van der Waals surface area contributed by atoms with Gasteiger partial charge in [0.1, 0.15) is 17.7 Å². The quantitative estimate of drug-likeness (QED) is 0.672. The Morgan fingerprint density at radius 3 is 2.33 bits per heavy atom. The van der Waals surface area contributed by atoms with Gasteiger partial charge in [0.25, 0.3) is 0 Å². The van der Waals surface area contributed by atoms with Gasteiger partial charge in [0, 0.05) is 16.9 Å². The second-order valence-corrected chi connectivity index (χ2v) is 9.95. The van der Waals surface area contributed by atoms with Crippen LogP contribution < -0.4 is 11.1 Å². The molecule has 4 atom stereocenters. The smallest absolute Gasteiger partial charge is 0.411 e. The van der Waals surface area contributed by atoms with E-state index in [1.165, 1.54) is 4.90 Å². The number of nitrogens with one attached hydrogen (secondary N) is 1. The molecule has 0 aliphatic carbocycles. The minimum absolute atomic E-state index is 0.0741. The molecule has 0 bridgehead atoms. The van der Waals surface area contributed by atoms with E-state index in [0.717, 1.165) is 22.9 Å². The van der Waals surface area contributed by atoms with Crippen LogP contribution in [0.25, 0.3) is 0 Å². The lowest BCUT2D eigenvalue weighted by Crippen LogP contribution is -2.61. The zero-order valence-corrected chi connectivity index (χ0v) is 19.9. The molecule has 1 aromatic rings. The van der Waals surface area contributed by atoms with Crippen LogP contribution in [0.15, 0.2) is 28.7 Å². The molecule has 2 rings (SSSR count). The Balaban J connectivity index is 2.21. The number of carbonyl (C=O) groups is 3. The number of carbonyl (C=O) groups excluding carboxylic acids is 3. The second kappa shape index (κ2) is 9.81. The number of rotatable bonds is 5. The number of nitrogens with two attached hydrogens (primary N) is 1. The van der Waals surface area contributed by atoms with Crippen LogP contribution >= 0.6 is 15.9 Å². The van der Waals surface area contributed by atoms with Crippen molar-refractivity contribution in [3.8, 4) is 0 Å². The van der Waals surface area contributed by atoms with Gasteiger partial charge < -0.3 is 15.8 Å². The molecule has 1 saturated heterocycles. The van der Waals surface area contributed by atoms with Crippen molar-refractivity contribution in [2.45, 2.75) is 77.6 Å². The molecule has 1 aromatic carbocycles. The molecule has 166 valence electrons. The number of benzene rings is 1. The Morgan fingerprint density at radius 1 is 1.20 bits per heavy atom. The third kappa shape index (κ3) is 6.45. The number of likely N-dealkylation sites (tertiary alicyclic amines) is 1. The number of piperidine rings is 1. The molecular weight excluding hydrogens is 450 g/mol. The van der Waals surface area contributed by atoms with Crippen molar-refractivity contribution in [2.24, 2.45) is 11.7 Å². The van der Waals surface area contributed by atoms with E-state index >= 15 is 0 Å². The molecule has 0 saturated carbocycles. The van der Waals surface area contributed by atoms with Crippen molar-refractivity contribution in [1.82, 2.24) is 10.2 Å². The summed E-state index contributed by atoms with van der Waals surface area (Å²) >= 11 is 3.38. The summed E-state index contributed by atoms with van der Waals surface area (Å²) in [5.41, 5.74) is 5.76. The van der Waals surface area contributed by atoms with Gasteiger partial charge in [0.2, 0.25) is 11.8 Å². The zero-order chi connectivity index (χ0) is 22.6. The van der Waals surface area contributed by atoms with Crippen molar-refractivity contribution in [1.29, 1.82) is 0 Å². The number of primary amides is 1. The van der Waals surface area contributed by atoms with Gasteiger partial charge in [-0.3, -0.25) is 14.5 Å². The number of amides is 3. The highest BCUT2D eigenvalue weighted by atomic mass is 79.9. The van der Waals surface area contributed by atoms with Crippen LogP contribution in [0.3, 0.4) is 0 Å². The molecule has 1 aliphatic heterocycles. The highest BCUT2D eigenvalue weighted by molar-refractivity contribution is 9.10. The standard InChI is InChI=1S/C22H32BrN3O4/c1-13-6-7-14(2)26(21(29)30-22(3,4)5)18(13)20(28)25-17(19(24)27)12-15-8-10-16(23)11-9-15/h8-11,13-14,17-18H,6-7,12H2,1-5H3,(H2,24,27)(H,25,28)/t13-,14+,17+,18+/m1/s1. The number of hydrogen-bond donors (Lipinski definition) is 2. The second-order valence-electron chi connectivity index (χ2n) is 9.03. The lowest BCUT2D eigenvalue weighted by atomic mass is 9.86. The zero-order valence-electron chi connectivity index (χ0n) is 18.3. The molecule has 7 nitrogen and oxygen atoms in total. The van der Waals surface area contributed by atoms with Gasteiger partial charge in [-0.1, -0.05) is 35.0 Å². The van der Waals surface area contributed by atoms with E-state index in [4.69, 9.17) is 10.5 Å². The SMILES string of the molecule is C[C@@H]1CC[C@H](C)N(C(=O)OC(C)(C)C)[C@@H]1C(=O)N[C@@H](Cc1ccc(Br)cc1)C(N)=O. The summed E-state index contributed by atoms with van der Waals surface area (Å²) in [5.74, 6) is -1.08. The first-order chi connectivity index (χ1) is 13.9. The maximum absolute atomic E-state index is 13.2. The Bertz CT molecular complexity index is 776. The van der Waals surface area contributed by atoms with Crippen LogP contribution in [0.5, 0.6) is 0 Å². The van der Waals surface area contributed by atoms with E-state index in [1.807, 2.05) is 38.1 Å². The van der Waals surface area contributed by atoms with Crippen molar-refractivity contribution in [3.63, 3.8) is 0 Å². The van der Waals surface area contributed by atoms with Gasteiger partial charge in [0.05, 0.1) is 0 Å². The van der Waals surface area contributed by atoms with E-state index in [9.17, 15) is 14.4 Å². The number of nitrogens with zero attached hydrogens (tertiary/aromatic N) is 1. The lowest BCUT2D eigenvalue weighted by Gasteiger charge is -2.43. The Morgan fingerprint density at radius 2 is 1.80 bits per heavy atom. The molecular formula is C22H32BrN3O4. The average Bonchev–Trinajstić information content (AvgIpc) is 2.62. The van der Waals surface area contributed by atoms with Crippen LogP contribution in [0.1, 0.15) is 53.0 Å². The first kappa shape index (κ1) is 24.2. The third-order valence-electron chi connectivity index (χ3n) is 5.24. The minimum atomic E-state index is -0.872. The topological polar surface area (TPSA) is 102 Å². The Kier molecular flexibility index (Phi) is 7.91. The summed E-state index contributed by atoms with van der Waals surface area (Å²) in [6, 6.07) is 5.72. The monoisotopic (exact) mass is 481 g/mol. The van der Waals surface area contributed by atoms with Crippen LogP contribution in [0, 0.1) is 5.92 Å². The minimum Gasteiger partial charge on any atom is -0.444 e. The Hall–Kier alpha value is -2.09. The van der Waals surface area contributed by atoms with Crippen LogP contribution in [0.2, 0.25) is 0 Å². The molecule has 0 radical (unpaired) electrons. The van der Waals surface area contributed by atoms with Crippen LogP contribution in [-0.4, -0.2) is 46.5 Å². The summed E-state index contributed by atoms with van der Waals surface area (Å²) in [6.07, 6.45) is 1.33. The van der Waals surface area contributed by atoms with Gasteiger partial charge in [-0.2, -0.15) is 0 Å².